The van der Waals surface area contributed by atoms with Gasteiger partial charge < -0.3 is 20.3 Å². The number of nitrogens with one attached hydrogen (secondary N) is 1. The van der Waals surface area contributed by atoms with Crippen LogP contribution in [0.1, 0.15) is 335 Å². The molecule has 412 valence electrons. The van der Waals surface area contributed by atoms with E-state index in [-0.39, 0.29) is 18.5 Å². The lowest BCUT2D eigenvalue weighted by atomic mass is 10.0. The van der Waals surface area contributed by atoms with Gasteiger partial charge >= 0.3 is 5.97 Å². The van der Waals surface area contributed by atoms with Gasteiger partial charge in [0.15, 0.2) is 0 Å². The predicted molar refractivity (Wildman–Crippen MR) is 306 cm³/mol. The van der Waals surface area contributed by atoms with Crippen LogP contribution in [0.3, 0.4) is 0 Å². The highest BCUT2D eigenvalue weighted by atomic mass is 16.5. The zero-order chi connectivity index (χ0) is 50.7. The van der Waals surface area contributed by atoms with Crippen LogP contribution in [0.15, 0.2) is 36.5 Å². The Morgan fingerprint density at radius 2 is 0.714 bits per heavy atom. The Labute approximate surface area is 436 Å². The van der Waals surface area contributed by atoms with Crippen LogP contribution in [0.4, 0.5) is 0 Å². The highest BCUT2D eigenvalue weighted by molar-refractivity contribution is 5.76. The van der Waals surface area contributed by atoms with Crippen LogP contribution in [0, 0.1) is 0 Å². The van der Waals surface area contributed by atoms with E-state index in [1.807, 2.05) is 6.08 Å². The maximum absolute atomic E-state index is 12.5. The quantitative estimate of drug-likeness (QED) is 0.0321. The average molecular weight is 985 g/mol. The molecule has 0 bridgehead atoms. The van der Waals surface area contributed by atoms with Crippen molar-refractivity contribution in [3.05, 3.63) is 36.5 Å². The molecule has 0 spiro atoms. The van der Waals surface area contributed by atoms with E-state index in [4.69, 9.17) is 4.74 Å². The van der Waals surface area contributed by atoms with Gasteiger partial charge in [0.25, 0.3) is 0 Å². The van der Waals surface area contributed by atoms with Crippen LogP contribution < -0.4 is 5.32 Å². The van der Waals surface area contributed by atoms with Gasteiger partial charge in [-0.3, -0.25) is 9.59 Å². The van der Waals surface area contributed by atoms with Gasteiger partial charge in [0.1, 0.15) is 0 Å². The summed E-state index contributed by atoms with van der Waals surface area (Å²) in [5, 5.41) is 23.2. The van der Waals surface area contributed by atoms with E-state index in [0.29, 0.717) is 19.4 Å². The maximum Gasteiger partial charge on any atom is 0.305 e. The molecule has 1 amide bonds. The first kappa shape index (κ1) is 68.1. The zero-order valence-electron chi connectivity index (χ0n) is 47.0. The van der Waals surface area contributed by atoms with Crippen molar-refractivity contribution < 1.29 is 24.5 Å². The smallest absolute Gasteiger partial charge is 0.305 e. The molecule has 0 aromatic rings. The summed E-state index contributed by atoms with van der Waals surface area (Å²) in [5.41, 5.74) is 0. The number of carbonyl (C=O) groups is 2. The summed E-state index contributed by atoms with van der Waals surface area (Å²) in [4.78, 5) is 24.5. The molecule has 0 aliphatic heterocycles. The fourth-order valence-electron chi connectivity index (χ4n) is 9.65. The number of hydrogen-bond donors (Lipinski definition) is 3. The zero-order valence-corrected chi connectivity index (χ0v) is 47.0. The standard InChI is InChI=1S/C64H121NO5/c1-3-5-7-9-11-13-15-17-19-20-26-29-32-36-40-44-48-52-56-62(67)61(60-66)65-63(68)57-53-49-45-41-37-33-30-27-24-22-21-23-25-28-31-35-39-43-47-51-55-59-70-64(69)58-54-50-46-42-38-34-18-16-14-12-10-8-6-4-2/h35,39,47,51-52,56,61-62,66-67H,3-34,36-38,40-46,48-50,53-55,57-60H2,1-2H3,(H,65,68)/b39-35-,51-47-,56-52+. The molecule has 0 aliphatic rings. The Morgan fingerprint density at radius 1 is 0.400 bits per heavy atom. The van der Waals surface area contributed by atoms with Crippen LogP contribution in [-0.2, 0) is 14.3 Å². The Kier molecular flexibility index (Phi) is 58.0. The van der Waals surface area contributed by atoms with Gasteiger partial charge in [0.05, 0.1) is 25.4 Å². The summed E-state index contributed by atoms with van der Waals surface area (Å²) >= 11 is 0. The number of rotatable bonds is 58. The highest BCUT2D eigenvalue weighted by Gasteiger charge is 2.18. The third kappa shape index (κ3) is 55.4. The molecule has 70 heavy (non-hydrogen) atoms. The number of allylic oxidation sites excluding steroid dienone is 4. The first-order valence-electron chi connectivity index (χ1n) is 31.3. The molecule has 0 saturated carbocycles. The molecule has 0 radical (unpaired) electrons. The van der Waals surface area contributed by atoms with Gasteiger partial charge in [-0.05, 0) is 51.4 Å². The molecule has 0 heterocycles. The summed E-state index contributed by atoms with van der Waals surface area (Å²) < 4.78 is 5.42. The van der Waals surface area contributed by atoms with E-state index in [9.17, 15) is 19.8 Å². The van der Waals surface area contributed by atoms with E-state index in [1.54, 1.807) is 6.08 Å². The van der Waals surface area contributed by atoms with Crippen molar-refractivity contribution in [2.24, 2.45) is 0 Å². The molecule has 0 aromatic heterocycles. The Balaban J connectivity index is 3.48. The maximum atomic E-state index is 12.5. The molecular weight excluding hydrogens is 863 g/mol. The number of amides is 1. The van der Waals surface area contributed by atoms with Gasteiger partial charge in [-0.15, -0.1) is 0 Å². The molecule has 0 aliphatic carbocycles. The van der Waals surface area contributed by atoms with Crippen molar-refractivity contribution in [1.29, 1.82) is 0 Å². The SMILES string of the molecule is CCCCCCCCCCCCCCCCCC/C=C/C(O)C(CO)NC(=O)CCCCCCCCCCCCCCCC/C=C\C/C=C\CCOC(=O)CCCCCCCCCCCCCCCC. The largest absolute Gasteiger partial charge is 0.465 e. The molecular formula is C64H121NO5. The van der Waals surface area contributed by atoms with E-state index >= 15 is 0 Å². The van der Waals surface area contributed by atoms with Crippen molar-refractivity contribution in [3.63, 3.8) is 0 Å². The molecule has 0 fully saturated rings. The third-order valence-corrected chi connectivity index (χ3v) is 14.4. The predicted octanol–water partition coefficient (Wildman–Crippen LogP) is 19.6. The second-order valence-corrected chi connectivity index (χ2v) is 21.4. The van der Waals surface area contributed by atoms with Crippen LogP contribution >= 0.6 is 0 Å². The summed E-state index contributed by atoms with van der Waals surface area (Å²) in [6.45, 7) is 4.82. The number of aliphatic hydroxyl groups is 2. The number of ether oxygens (including phenoxy) is 1. The topological polar surface area (TPSA) is 95.9 Å². The molecule has 0 aromatic carbocycles. The first-order valence-corrected chi connectivity index (χ1v) is 31.3. The van der Waals surface area contributed by atoms with E-state index in [2.05, 4.69) is 43.5 Å². The van der Waals surface area contributed by atoms with Gasteiger partial charge in [0, 0.05) is 12.8 Å². The minimum absolute atomic E-state index is 0.0334. The minimum atomic E-state index is -0.848. The molecule has 6 nitrogen and oxygen atoms in total. The average Bonchev–Trinajstić information content (AvgIpc) is 3.36. The second kappa shape index (κ2) is 59.6. The summed E-state index contributed by atoms with van der Waals surface area (Å²) in [5.74, 6) is -0.104. The first-order chi connectivity index (χ1) is 34.5. The Hall–Kier alpha value is -1.92. The fraction of sp³-hybridized carbons (Fsp3) is 0.875. The van der Waals surface area contributed by atoms with Gasteiger partial charge in [-0.2, -0.15) is 0 Å². The molecule has 0 saturated heterocycles. The number of esters is 1. The molecule has 3 N–H and O–H groups in total. The monoisotopic (exact) mass is 984 g/mol. The van der Waals surface area contributed by atoms with Crippen molar-refractivity contribution in [3.8, 4) is 0 Å². The van der Waals surface area contributed by atoms with Gasteiger partial charge in [0.2, 0.25) is 5.91 Å². The van der Waals surface area contributed by atoms with E-state index < -0.39 is 12.1 Å². The summed E-state index contributed by atoms with van der Waals surface area (Å²) in [6, 6.07) is -0.632. The summed E-state index contributed by atoms with van der Waals surface area (Å²) in [7, 11) is 0. The van der Waals surface area contributed by atoms with Crippen molar-refractivity contribution >= 4 is 11.9 Å². The van der Waals surface area contributed by atoms with Gasteiger partial charge in [-0.1, -0.05) is 307 Å². The van der Waals surface area contributed by atoms with Crippen LogP contribution in [0.5, 0.6) is 0 Å². The normalized spacial score (nSPS) is 12.8. The lowest BCUT2D eigenvalue weighted by molar-refractivity contribution is -0.143. The van der Waals surface area contributed by atoms with Crippen LogP contribution in [0.2, 0.25) is 0 Å². The van der Waals surface area contributed by atoms with Crippen molar-refractivity contribution in [2.75, 3.05) is 13.2 Å². The summed E-state index contributed by atoms with van der Waals surface area (Å²) in [6.07, 6.45) is 74.8. The lowest BCUT2D eigenvalue weighted by Crippen LogP contribution is -2.45. The number of unbranched alkanes of at least 4 members (excludes halogenated alkanes) is 43. The fourth-order valence-corrected chi connectivity index (χ4v) is 9.65. The van der Waals surface area contributed by atoms with E-state index in [1.165, 1.54) is 257 Å². The molecule has 6 heteroatoms. The number of aliphatic hydroxyl groups excluding tert-OH is 2. The lowest BCUT2D eigenvalue weighted by Gasteiger charge is -2.20. The molecule has 0 rings (SSSR count). The minimum Gasteiger partial charge on any atom is -0.465 e. The van der Waals surface area contributed by atoms with E-state index in [0.717, 1.165) is 51.4 Å². The third-order valence-electron chi connectivity index (χ3n) is 14.4. The van der Waals surface area contributed by atoms with Crippen molar-refractivity contribution in [1.82, 2.24) is 5.32 Å². The Morgan fingerprint density at radius 3 is 1.09 bits per heavy atom. The highest BCUT2D eigenvalue weighted by Crippen LogP contribution is 2.17. The Bertz CT molecular complexity index is 1130. The second-order valence-electron chi connectivity index (χ2n) is 21.4. The number of carbonyl (C=O) groups excluding carboxylic acids is 2. The number of hydrogen-bond acceptors (Lipinski definition) is 5. The van der Waals surface area contributed by atoms with Gasteiger partial charge in [-0.25, -0.2) is 0 Å². The molecule has 2 atom stereocenters. The van der Waals surface area contributed by atoms with Crippen molar-refractivity contribution in [2.45, 2.75) is 347 Å². The van der Waals surface area contributed by atoms with Crippen LogP contribution in [0.25, 0.3) is 0 Å². The molecule has 2 unspecified atom stereocenters. The van der Waals surface area contributed by atoms with Crippen LogP contribution in [-0.4, -0.2) is 47.4 Å².